The van der Waals surface area contributed by atoms with Crippen molar-refractivity contribution in [2.24, 2.45) is 0 Å². The molecule has 2 aromatic rings. The maximum absolute atomic E-state index is 14.1. The Kier molecular flexibility index (Phi) is 8.91. The SMILES string of the molecule is N=C(CC(O)(c1cc(Cl)c(Cl)c(Cl)c1)C(F)(F)F)c1ccc(F)c(CNCCC(O)O)c1. The lowest BCUT2D eigenvalue weighted by molar-refractivity contribution is -0.263. The Morgan fingerprint density at radius 2 is 1.66 bits per heavy atom. The van der Waals surface area contributed by atoms with E-state index < -0.39 is 41.6 Å². The van der Waals surface area contributed by atoms with E-state index >= 15 is 0 Å². The van der Waals surface area contributed by atoms with Crippen LogP contribution in [0.1, 0.15) is 29.5 Å². The van der Waals surface area contributed by atoms with Crippen molar-refractivity contribution in [3.8, 4) is 0 Å². The van der Waals surface area contributed by atoms with Crippen molar-refractivity contribution in [1.82, 2.24) is 5.32 Å². The van der Waals surface area contributed by atoms with Crippen molar-refractivity contribution in [3.05, 3.63) is 67.9 Å². The van der Waals surface area contributed by atoms with E-state index in [0.29, 0.717) is 0 Å². The molecule has 2 aromatic carbocycles. The van der Waals surface area contributed by atoms with Crippen LogP contribution in [-0.2, 0) is 12.1 Å². The second kappa shape index (κ2) is 10.6. The van der Waals surface area contributed by atoms with Gasteiger partial charge in [-0.3, -0.25) is 0 Å². The molecule has 0 heterocycles. The highest BCUT2D eigenvalue weighted by molar-refractivity contribution is 6.48. The van der Waals surface area contributed by atoms with Crippen LogP contribution in [0, 0.1) is 11.2 Å². The van der Waals surface area contributed by atoms with Crippen molar-refractivity contribution < 1.29 is 32.9 Å². The van der Waals surface area contributed by atoms with Crippen molar-refractivity contribution in [2.45, 2.75) is 37.5 Å². The van der Waals surface area contributed by atoms with Crippen LogP contribution in [0.3, 0.4) is 0 Å². The standard InChI is InChI=1S/C20H19Cl3F4N2O3/c21-13-6-12(7-14(22)18(13)23)19(32,20(25,26)27)8-16(28)10-1-2-15(24)11(5-10)9-29-4-3-17(30)31/h1-2,5-7,17,28-32H,3-4,8-9H2. The Morgan fingerprint density at radius 1 is 1.06 bits per heavy atom. The normalized spacial score (nSPS) is 14.0. The summed E-state index contributed by atoms with van der Waals surface area (Å²) in [5.41, 5.74) is -4.81. The minimum atomic E-state index is -5.20. The number of hydrogen-bond acceptors (Lipinski definition) is 5. The summed E-state index contributed by atoms with van der Waals surface area (Å²) in [5.74, 6) is -0.666. The van der Waals surface area contributed by atoms with Crippen LogP contribution in [0.4, 0.5) is 17.6 Å². The van der Waals surface area contributed by atoms with Crippen LogP contribution in [0.5, 0.6) is 0 Å². The first-order chi connectivity index (χ1) is 14.8. The lowest BCUT2D eigenvalue weighted by atomic mass is 9.85. The molecule has 5 N–H and O–H groups in total. The third-order valence-electron chi connectivity index (χ3n) is 4.65. The first kappa shape index (κ1) is 26.8. The molecule has 1 unspecified atom stereocenters. The van der Waals surface area contributed by atoms with Crippen LogP contribution in [0.25, 0.3) is 0 Å². The van der Waals surface area contributed by atoms with Crippen LogP contribution < -0.4 is 5.32 Å². The van der Waals surface area contributed by atoms with Gasteiger partial charge in [-0.05, 0) is 35.4 Å². The molecule has 0 radical (unpaired) electrons. The summed E-state index contributed by atoms with van der Waals surface area (Å²) in [6.07, 6.45) is -7.95. The third kappa shape index (κ3) is 6.32. The van der Waals surface area contributed by atoms with Crippen LogP contribution in [0.2, 0.25) is 15.1 Å². The van der Waals surface area contributed by atoms with Gasteiger partial charge in [0.25, 0.3) is 0 Å². The van der Waals surface area contributed by atoms with E-state index in [0.717, 1.165) is 24.3 Å². The highest BCUT2D eigenvalue weighted by atomic mass is 35.5. The van der Waals surface area contributed by atoms with Crippen LogP contribution in [0.15, 0.2) is 30.3 Å². The van der Waals surface area contributed by atoms with E-state index in [4.69, 9.17) is 50.4 Å². The van der Waals surface area contributed by atoms with Crippen molar-refractivity contribution in [2.75, 3.05) is 6.54 Å². The van der Waals surface area contributed by atoms with Gasteiger partial charge >= 0.3 is 6.18 Å². The molecular formula is C20H19Cl3F4N2O3. The molecule has 0 saturated carbocycles. The fourth-order valence-corrected chi connectivity index (χ4v) is 3.47. The maximum atomic E-state index is 14.1. The van der Waals surface area contributed by atoms with Gasteiger partial charge in [-0.25, -0.2) is 4.39 Å². The van der Waals surface area contributed by atoms with E-state index in [-0.39, 0.29) is 45.7 Å². The van der Waals surface area contributed by atoms with Gasteiger partial charge in [0.1, 0.15) is 5.82 Å². The molecule has 0 aliphatic rings. The van der Waals surface area contributed by atoms with Gasteiger partial charge in [-0.15, -0.1) is 0 Å². The van der Waals surface area contributed by atoms with Gasteiger partial charge in [0, 0.05) is 37.2 Å². The van der Waals surface area contributed by atoms with Gasteiger partial charge in [0.15, 0.2) is 11.9 Å². The zero-order valence-corrected chi connectivity index (χ0v) is 18.5. The predicted molar refractivity (Wildman–Crippen MR) is 114 cm³/mol. The average molecular weight is 518 g/mol. The van der Waals surface area contributed by atoms with Crippen LogP contribution in [-0.4, -0.2) is 40.0 Å². The first-order valence-electron chi connectivity index (χ1n) is 9.13. The fraction of sp³-hybridized carbons (Fsp3) is 0.350. The topological polar surface area (TPSA) is 96.6 Å². The molecule has 0 aromatic heterocycles. The minimum Gasteiger partial charge on any atom is -0.376 e. The van der Waals surface area contributed by atoms with Gasteiger partial charge in [-0.1, -0.05) is 40.9 Å². The van der Waals surface area contributed by atoms with Gasteiger partial charge in [-0.2, -0.15) is 13.2 Å². The molecule has 32 heavy (non-hydrogen) atoms. The number of aliphatic hydroxyl groups excluding tert-OH is 1. The van der Waals surface area contributed by atoms with Gasteiger partial charge in [0.05, 0.1) is 15.1 Å². The molecular weight excluding hydrogens is 499 g/mol. The second-order valence-corrected chi connectivity index (χ2v) is 8.21. The lowest BCUT2D eigenvalue weighted by Gasteiger charge is -2.31. The molecule has 0 aliphatic carbocycles. The Hall–Kier alpha value is -1.46. The van der Waals surface area contributed by atoms with E-state index in [9.17, 15) is 22.7 Å². The summed E-state index contributed by atoms with van der Waals surface area (Å²) in [6.45, 7) is 0.0797. The summed E-state index contributed by atoms with van der Waals surface area (Å²) in [4.78, 5) is 0. The number of rotatable bonds is 9. The average Bonchev–Trinajstić information content (AvgIpc) is 2.68. The third-order valence-corrected chi connectivity index (χ3v) is 5.85. The smallest absolute Gasteiger partial charge is 0.376 e. The fourth-order valence-electron chi connectivity index (χ4n) is 2.87. The number of alkyl halides is 3. The largest absolute Gasteiger partial charge is 0.421 e. The Morgan fingerprint density at radius 3 is 2.19 bits per heavy atom. The molecule has 0 bridgehead atoms. The molecule has 0 saturated heterocycles. The zero-order chi connectivity index (χ0) is 24.3. The molecule has 0 aliphatic heterocycles. The molecule has 176 valence electrons. The minimum absolute atomic E-state index is 0.0119. The molecule has 1 atom stereocenters. The number of hydrogen-bond donors (Lipinski definition) is 5. The highest BCUT2D eigenvalue weighted by Gasteiger charge is 2.55. The van der Waals surface area contributed by atoms with E-state index in [2.05, 4.69) is 5.32 Å². The van der Waals surface area contributed by atoms with E-state index in [1.54, 1.807) is 0 Å². The Balaban J connectivity index is 2.32. The van der Waals surface area contributed by atoms with Crippen molar-refractivity contribution in [3.63, 3.8) is 0 Å². The summed E-state index contributed by atoms with van der Waals surface area (Å²) >= 11 is 17.4. The van der Waals surface area contributed by atoms with E-state index in [1.807, 2.05) is 0 Å². The Labute approximate surface area is 196 Å². The summed E-state index contributed by atoms with van der Waals surface area (Å²) in [5, 5.41) is 38.3. The van der Waals surface area contributed by atoms with Crippen LogP contribution >= 0.6 is 34.8 Å². The molecule has 12 heteroatoms. The monoisotopic (exact) mass is 516 g/mol. The molecule has 0 fully saturated rings. The molecule has 0 amide bonds. The lowest BCUT2D eigenvalue weighted by Crippen LogP contribution is -2.44. The number of nitrogens with one attached hydrogen (secondary N) is 2. The maximum Gasteiger partial charge on any atom is 0.421 e. The van der Waals surface area contributed by atoms with Crippen molar-refractivity contribution >= 4 is 40.5 Å². The van der Waals surface area contributed by atoms with Gasteiger partial charge in [0.2, 0.25) is 0 Å². The first-order valence-corrected chi connectivity index (χ1v) is 10.3. The number of halogens is 7. The Bertz CT molecular complexity index is 966. The van der Waals surface area contributed by atoms with Gasteiger partial charge < -0.3 is 26.0 Å². The number of aliphatic hydroxyl groups is 3. The van der Waals surface area contributed by atoms with Crippen molar-refractivity contribution in [1.29, 1.82) is 5.41 Å². The summed E-state index contributed by atoms with van der Waals surface area (Å²) in [6, 6.07) is 4.94. The summed E-state index contributed by atoms with van der Waals surface area (Å²) < 4.78 is 55.7. The molecule has 0 spiro atoms. The highest BCUT2D eigenvalue weighted by Crippen LogP contribution is 2.45. The second-order valence-electron chi connectivity index (χ2n) is 7.02. The summed E-state index contributed by atoms with van der Waals surface area (Å²) in [7, 11) is 0. The molecule has 5 nitrogen and oxygen atoms in total. The molecule has 2 rings (SSSR count). The number of benzene rings is 2. The quantitative estimate of drug-likeness (QED) is 0.109. The predicted octanol–water partition coefficient (Wildman–Crippen LogP) is 4.78. The zero-order valence-electron chi connectivity index (χ0n) is 16.3. The van der Waals surface area contributed by atoms with E-state index in [1.165, 1.54) is 6.07 Å².